The summed E-state index contributed by atoms with van der Waals surface area (Å²) in [4.78, 5) is 29.8. The van der Waals surface area contributed by atoms with Gasteiger partial charge in [-0.1, -0.05) is 42.7 Å². The van der Waals surface area contributed by atoms with Gasteiger partial charge in [0.15, 0.2) is 11.5 Å². The van der Waals surface area contributed by atoms with Crippen molar-refractivity contribution in [1.82, 2.24) is 24.6 Å². The van der Waals surface area contributed by atoms with Crippen molar-refractivity contribution in [3.05, 3.63) is 72.3 Å². The predicted octanol–water partition coefficient (Wildman–Crippen LogP) is 3.62. The van der Waals surface area contributed by atoms with Gasteiger partial charge in [0.2, 0.25) is 21.8 Å². The second-order valence-corrected chi connectivity index (χ2v) is 13.1. The number of hydrogen-bond acceptors (Lipinski definition) is 8. The third-order valence-corrected chi connectivity index (χ3v) is 9.67. The van der Waals surface area contributed by atoms with Crippen LogP contribution in [0.1, 0.15) is 43.7 Å². The van der Waals surface area contributed by atoms with E-state index in [1.54, 1.807) is 18.2 Å². The van der Waals surface area contributed by atoms with E-state index < -0.39 is 27.9 Å². The Hall–Kier alpha value is -4.49. The highest BCUT2D eigenvalue weighted by Gasteiger charge is 2.35. The molecule has 13 heteroatoms. The van der Waals surface area contributed by atoms with Gasteiger partial charge in [0, 0.05) is 25.8 Å². The topological polar surface area (TPSA) is 147 Å². The molecule has 1 atom stereocenters. The molecule has 12 nitrogen and oxygen atoms in total. The highest BCUT2D eigenvalue weighted by Crippen LogP contribution is 2.35. The smallest absolute Gasteiger partial charge is 0.249 e. The molecule has 1 saturated carbocycles. The summed E-state index contributed by atoms with van der Waals surface area (Å²) >= 11 is 0. The fraction of sp³-hybridized carbons (Fsp3) is 0.355. The van der Waals surface area contributed by atoms with Gasteiger partial charge in [-0.3, -0.25) is 14.5 Å². The zero-order valence-electron chi connectivity index (χ0n) is 24.9. The quantitative estimate of drug-likeness (QED) is 0.273. The molecule has 0 aliphatic heterocycles. The number of fused-ring (bicyclic) bond motifs is 1. The van der Waals surface area contributed by atoms with Gasteiger partial charge in [-0.05, 0) is 66.9 Å². The van der Waals surface area contributed by atoms with Crippen molar-refractivity contribution in [3.63, 3.8) is 0 Å². The summed E-state index contributed by atoms with van der Waals surface area (Å²) < 4.78 is 33.4. The van der Waals surface area contributed by atoms with E-state index in [9.17, 15) is 23.1 Å². The fourth-order valence-corrected chi connectivity index (χ4v) is 6.39. The summed E-state index contributed by atoms with van der Waals surface area (Å²) in [6.45, 7) is -0.256. The Kier molecular flexibility index (Phi) is 9.16. The Labute approximate surface area is 256 Å². The SMILES string of the molecule is COc1ccc(C(C(=O)NC2CCCCC2)N(C(=O)Cn2nnc3ccccc32)c2ccc(S(=O)(=O)N(C)C)cc2)cc1O. The molecule has 3 aromatic carbocycles. The molecule has 1 heterocycles. The minimum atomic E-state index is -3.74. The van der Waals surface area contributed by atoms with Crippen LogP contribution in [-0.4, -0.2) is 71.9 Å². The number of aromatic hydroxyl groups is 1. The molecule has 1 fully saturated rings. The molecule has 1 aliphatic rings. The van der Waals surface area contributed by atoms with Crippen LogP contribution in [0.2, 0.25) is 0 Å². The van der Waals surface area contributed by atoms with E-state index in [4.69, 9.17) is 4.74 Å². The van der Waals surface area contributed by atoms with E-state index in [1.807, 2.05) is 12.1 Å². The number of amides is 2. The summed E-state index contributed by atoms with van der Waals surface area (Å²) in [5, 5.41) is 22.1. The number of ether oxygens (including phenoxy) is 1. The second-order valence-electron chi connectivity index (χ2n) is 11.0. The highest BCUT2D eigenvalue weighted by atomic mass is 32.2. The Morgan fingerprint density at radius 1 is 1.05 bits per heavy atom. The molecule has 2 N–H and O–H groups in total. The summed E-state index contributed by atoms with van der Waals surface area (Å²) in [6.07, 6.45) is 4.72. The second kappa shape index (κ2) is 13.0. The van der Waals surface area contributed by atoms with Crippen molar-refractivity contribution in [2.75, 3.05) is 26.1 Å². The van der Waals surface area contributed by atoms with Gasteiger partial charge >= 0.3 is 0 Å². The number of phenolic OH excluding ortho intramolecular Hbond substituents is 1. The number of carbonyl (C=O) groups excluding carboxylic acids is 2. The number of rotatable bonds is 10. The molecular weight excluding hydrogens is 584 g/mol. The molecular formula is C31H36N6O6S. The Balaban J connectivity index is 1.62. The maximum atomic E-state index is 14.3. The zero-order chi connectivity index (χ0) is 31.4. The monoisotopic (exact) mass is 620 g/mol. The number of nitrogens with zero attached hydrogens (tertiary/aromatic N) is 5. The maximum Gasteiger partial charge on any atom is 0.249 e. The number of carbonyl (C=O) groups is 2. The van der Waals surface area contributed by atoms with Gasteiger partial charge in [-0.2, -0.15) is 0 Å². The lowest BCUT2D eigenvalue weighted by molar-refractivity contribution is -0.127. The molecule has 0 saturated heterocycles. The summed E-state index contributed by atoms with van der Waals surface area (Å²) in [6, 6.07) is 16.3. The molecule has 0 radical (unpaired) electrons. The van der Waals surface area contributed by atoms with Gasteiger partial charge in [0.1, 0.15) is 18.1 Å². The van der Waals surface area contributed by atoms with Crippen molar-refractivity contribution < 1.29 is 27.9 Å². The van der Waals surface area contributed by atoms with Gasteiger partial charge < -0.3 is 15.2 Å². The van der Waals surface area contributed by atoms with Gasteiger partial charge in [-0.15, -0.1) is 5.10 Å². The van der Waals surface area contributed by atoms with Crippen molar-refractivity contribution in [1.29, 1.82) is 0 Å². The van der Waals surface area contributed by atoms with Crippen LogP contribution in [0.4, 0.5) is 5.69 Å². The molecule has 0 bridgehead atoms. The number of nitrogens with one attached hydrogen (secondary N) is 1. The van der Waals surface area contributed by atoms with Gasteiger partial charge in [0.05, 0.1) is 17.5 Å². The van der Waals surface area contributed by atoms with Crippen LogP contribution in [0.15, 0.2) is 71.6 Å². The molecule has 44 heavy (non-hydrogen) atoms. The van der Waals surface area contributed by atoms with Crippen LogP contribution in [0, 0.1) is 0 Å². The molecule has 4 aromatic rings. The van der Waals surface area contributed by atoms with Crippen LogP contribution in [0.3, 0.4) is 0 Å². The Bertz CT molecular complexity index is 1750. The number of benzene rings is 3. The lowest BCUT2D eigenvalue weighted by Crippen LogP contribution is -2.48. The lowest BCUT2D eigenvalue weighted by Gasteiger charge is -2.33. The van der Waals surface area contributed by atoms with Crippen molar-refractivity contribution in [3.8, 4) is 11.5 Å². The summed E-state index contributed by atoms with van der Waals surface area (Å²) in [5.74, 6) is -0.904. The van der Waals surface area contributed by atoms with E-state index in [0.717, 1.165) is 36.4 Å². The normalized spacial score (nSPS) is 14.8. The largest absolute Gasteiger partial charge is 0.504 e. The Morgan fingerprint density at radius 2 is 1.75 bits per heavy atom. The molecule has 2 amide bonds. The number of sulfonamides is 1. The van der Waals surface area contributed by atoms with Gasteiger partial charge in [0.25, 0.3) is 0 Å². The lowest BCUT2D eigenvalue weighted by atomic mass is 9.94. The molecule has 5 rings (SSSR count). The number of methoxy groups -OCH3 is 1. The average molecular weight is 621 g/mol. The van der Waals surface area contributed by atoms with E-state index in [2.05, 4.69) is 15.6 Å². The first-order chi connectivity index (χ1) is 21.1. The maximum absolute atomic E-state index is 14.3. The van der Waals surface area contributed by atoms with Crippen LogP contribution in [0.25, 0.3) is 11.0 Å². The van der Waals surface area contributed by atoms with E-state index >= 15 is 0 Å². The van der Waals surface area contributed by atoms with Crippen molar-refractivity contribution >= 4 is 38.6 Å². The zero-order valence-corrected chi connectivity index (χ0v) is 25.7. The summed E-state index contributed by atoms with van der Waals surface area (Å²) in [5.41, 5.74) is 1.88. The number of para-hydroxylation sites is 1. The summed E-state index contributed by atoms with van der Waals surface area (Å²) in [7, 11) is 0.543. The number of aromatic nitrogens is 3. The van der Waals surface area contributed by atoms with Crippen LogP contribution >= 0.6 is 0 Å². The predicted molar refractivity (Wildman–Crippen MR) is 165 cm³/mol. The molecule has 1 unspecified atom stereocenters. The Morgan fingerprint density at radius 3 is 2.41 bits per heavy atom. The van der Waals surface area contributed by atoms with E-state index in [0.29, 0.717) is 16.6 Å². The third kappa shape index (κ3) is 6.38. The average Bonchev–Trinajstić information content (AvgIpc) is 3.42. The van der Waals surface area contributed by atoms with E-state index in [1.165, 1.54) is 67.2 Å². The van der Waals surface area contributed by atoms with Crippen LogP contribution < -0.4 is 15.0 Å². The highest BCUT2D eigenvalue weighted by molar-refractivity contribution is 7.89. The number of hydrogen-bond donors (Lipinski definition) is 2. The standard InChI is InChI=1S/C31H36N6O6S/c1-35(2)44(41,42)24-16-14-23(15-17-24)37(29(39)20-36-26-12-8-7-11-25(26)33-34-36)30(21-13-18-28(43-3)27(38)19-21)31(40)32-22-9-5-4-6-10-22/h7-8,11-19,22,30,38H,4-6,9-10,20H2,1-3H3,(H,32,40). The molecule has 232 valence electrons. The molecule has 1 aromatic heterocycles. The van der Waals surface area contributed by atoms with Crippen LogP contribution in [0.5, 0.6) is 11.5 Å². The van der Waals surface area contributed by atoms with Crippen molar-refractivity contribution in [2.45, 2.75) is 55.6 Å². The molecule has 0 spiro atoms. The fourth-order valence-electron chi connectivity index (χ4n) is 5.49. The first kappa shape index (κ1) is 31.0. The van der Waals surface area contributed by atoms with Gasteiger partial charge in [-0.25, -0.2) is 17.4 Å². The minimum Gasteiger partial charge on any atom is -0.504 e. The molecule has 1 aliphatic carbocycles. The first-order valence-electron chi connectivity index (χ1n) is 14.4. The van der Waals surface area contributed by atoms with Crippen LogP contribution in [-0.2, 0) is 26.2 Å². The van der Waals surface area contributed by atoms with E-state index in [-0.39, 0.29) is 34.7 Å². The third-order valence-electron chi connectivity index (χ3n) is 7.84. The minimum absolute atomic E-state index is 0.0335. The number of anilines is 1. The number of phenols is 1. The van der Waals surface area contributed by atoms with Crippen molar-refractivity contribution in [2.24, 2.45) is 0 Å². The first-order valence-corrected chi connectivity index (χ1v) is 15.8.